The highest BCUT2D eigenvalue weighted by Gasteiger charge is 2.30. The molecular weight excluding hydrogens is 498 g/mol. The Morgan fingerprint density at radius 3 is 2.10 bits per heavy atom. The van der Waals surface area contributed by atoms with Gasteiger partial charge in [0.2, 0.25) is 0 Å². The lowest BCUT2D eigenvalue weighted by Gasteiger charge is -2.31. The van der Waals surface area contributed by atoms with Crippen LogP contribution >= 0.6 is 0 Å². The van der Waals surface area contributed by atoms with E-state index in [1.54, 1.807) is 23.1 Å². The molecule has 0 radical (unpaired) electrons. The number of hydrogen-bond acceptors (Lipinski definition) is 5. The van der Waals surface area contributed by atoms with Crippen molar-refractivity contribution in [1.29, 1.82) is 0 Å². The van der Waals surface area contributed by atoms with Crippen molar-refractivity contribution >= 4 is 28.6 Å². The lowest BCUT2D eigenvalue weighted by molar-refractivity contribution is -0.127. The fourth-order valence-corrected chi connectivity index (χ4v) is 5.22. The molecule has 0 saturated carbocycles. The summed E-state index contributed by atoms with van der Waals surface area (Å²) in [5.74, 6) is -0.745. The van der Waals surface area contributed by atoms with Crippen molar-refractivity contribution in [3.8, 4) is 22.5 Å². The minimum Gasteiger partial charge on any atom is -0.449 e. The standard InChI is InChI=1S/C34H29N3O3/c1-2-30(33(38)37-21-11-17-23-12-9-10-18-29(23)37)40-34(39)26-19-20-27-28(22-26)36-32(25-15-7-4-8-16-25)31(35-27)24-13-5-3-6-14-24/h3-10,12-16,18-20,22,30H,2,11,17,21H2,1H3. The fourth-order valence-electron chi connectivity index (χ4n) is 5.22. The van der Waals surface area contributed by atoms with E-state index < -0.39 is 12.1 Å². The summed E-state index contributed by atoms with van der Waals surface area (Å²) in [6.45, 7) is 2.47. The largest absolute Gasteiger partial charge is 0.449 e. The highest BCUT2D eigenvalue weighted by Crippen LogP contribution is 2.32. The first-order valence-corrected chi connectivity index (χ1v) is 13.7. The van der Waals surface area contributed by atoms with Crippen LogP contribution in [0.25, 0.3) is 33.5 Å². The van der Waals surface area contributed by atoms with Gasteiger partial charge in [0.05, 0.1) is 28.0 Å². The van der Waals surface area contributed by atoms with Crippen LogP contribution in [0.4, 0.5) is 5.69 Å². The van der Waals surface area contributed by atoms with E-state index in [-0.39, 0.29) is 5.91 Å². The van der Waals surface area contributed by atoms with Gasteiger partial charge in [-0.15, -0.1) is 0 Å². The molecule has 0 fully saturated rings. The Kier molecular flexibility index (Phi) is 7.06. The first kappa shape index (κ1) is 25.4. The van der Waals surface area contributed by atoms with Crippen LogP contribution in [0.1, 0.15) is 35.7 Å². The van der Waals surface area contributed by atoms with Crippen molar-refractivity contribution in [2.24, 2.45) is 0 Å². The van der Waals surface area contributed by atoms with Gasteiger partial charge < -0.3 is 9.64 Å². The Morgan fingerprint density at radius 2 is 1.43 bits per heavy atom. The SMILES string of the molecule is CCC(OC(=O)c1ccc2nc(-c3ccccc3)c(-c3ccccc3)nc2c1)C(=O)N1CCCc2ccccc21. The molecule has 6 rings (SSSR count). The molecule has 4 aromatic carbocycles. The van der Waals surface area contributed by atoms with Gasteiger partial charge in [0.15, 0.2) is 6.10 Å². The van der Waals surface area contributed by atoms with Crippen molar-refractivity contribution in [1.82, 2.24) is 9.97 Å². The van der Waals surface area contributed by atoms with E-state index in [9.17, 15) is 9.59 Å². The number of ether oxygens (including phenoxy) is 1. The van der Waals surface area contributed by atoms with E-state index in [1.165, 1.54) is 0 Å². The zero-order valence-corrected chi connectivity index (χ0v) is 22.3. The van der Waals surface area contributed by atoms with Gasteiger partial charge in [0, 0.05) is 23.4 Å². The van der Waals surface area contributed by atoms with Gasteiger partial charge in [-0.2, -0.15) is 0 Å². The number of fused-ring (bicyclic) bond motifs is 2. The molecule has 0 N–H and O–H groups in total. The number of aromatic nitrogens is 2. The zero-order chi connectivity index (χ0) is 27.5. The summed E-state index contributed by atoms with van der Waals surface area (Å²) >= 11 is 0. The molecule has 1 aromatic heterocycles. The van der Waals surface area contributed by atoms with Crippen molar-refractivity contribution in [3.63, 3.8) is 0 Å². The van der Waals surface area contributed by atoms with Crippen LogP contribution in [0.15, 0.2) is 103 Å². The number of amides is 1. The number of carbonyl (C=O) groups is 2. The summed E-state index contributed by atoms with van der Waals surface area (Å²) < 4.78 is 5.79. The number of hydrogen-bond donors (Lipinski definition) is 0. The van der Waals surface area contributed by atoms with Gasteiger partial charge in [-0.05, 0) is 49.1 Å². The van der Waals surface area contributed by atoms with Crippen molar-refractivity contribution in [2.75, 3.05) is 11.4 Å². The maximum absolute atomic E-state index is 13.5. The van der Waals surface area contributed by atoms with E-state index in [0.29, 0.717) is 29.6 Å². The Balaban J connectivity index is 1.31. The van der Waals surface area contributed by atoms with E-state index in [2.05, 4.69) is 0 Å². The third-order valence-electron chi connectivity index (χ3n) is 7.27. The van der Waals surface area contributed by atoms with Crippen molar-refractivity contribution in [3.05, 3.63) is 114 Å². The molecule has 1 amide bonds. The molecule has 0 saturated heterocycles. The van der Waals surface area contributed by atoms with Gasteiger partial charge in [-0.1, -0.05) is 85.8 Å². The molecule has 0 bridgehead atoms. The van der Waals surface area contributed by atoms with E-state index in [0.717, 1.165) is 46.6 Å². The summed E-state index contributed by atoms with van der Waals surface area (Å²) in [5.41, 5.74) is 7.02. The third kappa shape index (κ3) is 4.96. The van der Waals surface area contributed by atoms with Crippen molar-refractivity contribution in [2.45, 2.75) is 32.3 Å². The minimum absolute atomic E-state index is 0.192. The highest BCUT2D eigenvalue weighted by atomic mass is 16.5. The molecule has 0 aliphatic carbocycles. The highest BCUT2D eigenvalue weighted by molar-refractivity contribution is 6.01. The molecule has 6 heteroatoms. The number of aryl methyl sites for hydroxylation is 1. The molecule has 40 heavy (non-hydrogen) atoms. The van der Waals surface area contributed by atoms with Crippen LogP contribution in [-0.2, 0) is 16.0 Å². The molecule has 0 spiro atoms. The van der Waals surface area contributed by atoms with Crippen LogP contribution in [0.2, 0.25) is 0 Å². The second-order valence-corrected chi connectivity index (χ2v) is 9.88. The number of esters is 1. The van der Waals surface area contributed by atoms with E-state index in [1.807, 2.05) is 91.9 Å². The Bertz CT molecular complexity index is 1690. The normalized spacial score (nSPS) is 13.5. The molecule has 1 unspecified atom stereocenters. The van der Waals surface area contributed by atoms with E-state index >= 15 is 0 Å². The van der Waals surface area contributed by atoms with E-state index in [4.69, 9.17) is 14.7 Å². The maximum Gasteiger partial charge on any atom is 0.338 e. The predicted octanol–water partition coefficient (Wildman–Crippen LogP) is 6.88. The maximum atomic E-state index is 13.5. The number of anilines is 1. The van der Waals surface area contributed by atoms with Crippen LogP contribution in [0.3, 0.4) is 0 Å². The molecule has 6 nitrogen and oxygen atoms in total. The summed E-state index contributed by atoms with van der Waals surface area (Å²) in [6, 6.07) is 32.9. The molecule has 1 aliphatic heterocycles. The first-order valence-electron chi connectivity index (χ1n) is 13.7. The van der Waals surface area contributed by atoms with Gasteiger partial charge in [-0.3, -0.25) is 4.79 Å². The quantitative estimate of drug-likeness (QED) is 0.225. The average Bonchev–Trinajstić information content (AvgIpc) is 3.02. The van der Waals surface area contributed by atoms with Crippen LogP contribution in [0, 0.1) is 0 Å². The van der Waals surface area contributed by atoms with Crippen LogP contribution in [-0.4, -0.2) is 34.5 Å². The average molecular weight is 528 g/mol. The molecule has 2 heterocycles. The summed E-state index contributed by atoms with van der Waals surface area (Å²) in [6.07, 6.45) is 1.33. The Labute approximate surface area is 233 Å². The Hall–Kier alpha value is -4.84. The summed E-state index contributed by atoms with van der Waals surface area (Å²) in [5, 5.41) is 0. The zero-order valence-electron chi connectivity index (χ0n) is 22.3. The first-order chi connectivity index (χ1) is 19.6. The van der Waals surface area contributed by atoms with Gasteiger partial charge in [-0.25, -0.2) is 14.8 Å². The topological polar surface area (TPSA) is 72.4 Å². The van der Waals surface area contributed by atoms with Crippen LogP contribution in [0.5, 0.6) is 0 Å². The second-order valence-electron chi connectivity index (χ2n) is 9.88. The van der Waals surface area contributed by atoms with Gasteiger partial charge in [0.25, 0.3) is 5.91 Å². The summed E-state index contributed by atoms with van der Waals surface area (Å²) in [4.78, 5) is 38.4. The number of para-hydroxylation sites is 1. The van der Waals surface area contributed by atoms with Gasteiger partial charge in [0.1, 0.15) is 0 Å². The van der Waals surface area contributed by atoms with Gasteiger partial charge >= 0.3 is 5.97 Å². The minimum atomic E-state index is -0.874. The van der Waals surface area contributed by atoms with Crippen LogP contribution < -0.4 is 4.90 Å². The second kappa shape index (κ2) is 11.1. The summed E-state index contributed by atoms with van der Waals surface area (Å²) in [7, 11) is 0. The lowest BCUT2D eigenvalue weighted by Crippen LogP contribution is -2.43. The number of carbonyl (C=O) groups excluding carboxylic acids is 2. The molecular formula is C34H29N3O3. The molecule has 198 valence electrons. The molecule has 1 atom stereocenters. The number of benzene rings is 4. The lowest BCUT2D eigenvalue weighted by atomic mass is 10.0. The third-order valence-corrected chi connectivity index (χ3v) is 7.27. The predicted molar refractivity (Wildman–Crippen MR) is 157 cm³/mol. The van der Waals surface area contributed by atoms with Crippen molar-refractivity contribution < 1.29 is 14.3 Å². The number of rotatable bonds is 6. The fraction of sp³-hybridized carbons (Fsp3) is 0.176. The molecule has 5 aromatic rings. The smallest absolute Gasteiger partial charge is 0.338 e. The number of nitrogens with zero attached hydrogens (tertiary/aromatic N) is 3. The Morgan fingerprint density at radius 1 is 0.800 bits per heavy atom. The monoisotopic (exact) mass is 527 g/mol. The molecule has 1 aliphatic rings.